The highest BCUT2D eigenvalue weighted by Gasteiger charge is 2.17. The topological polar surface area (TPSA) is 89.6 Å². The van der Waals surface area contributed by atoms with Crippen LogP contribution in [-0.4, -0.2) is 22.6 Å². The third-order valence-electron chi connectivity index (χ3n) is 1.55. The van der Waals surface area contributed by atoms with Crippen LogP contribution >= 0.6 is 0 Å². The fraction of sp³-hybridized carbons (Fsp3) is 0.385. The fourth-order valence-electron chi connectivity index (χ4n) is 0.956. The molecule has 0 unspecified atom stereocenters. The Morgan fingerprint density at radius 2 is 1.56 bits per heavy atom. The van der Waals surface area contributed by atoms with Gasteiger partial charge in [-0.1, -0.05) is 0 Å². The lowest BCUT2D eigenvalue weighted by atomic mass is 10.1. The predicted molar refractivity (Wildman–Crippen MR) is 69.3 cm³/mol. The second-order valence-electron chi connectivity index (χ2n) is 4.64. The van der Waals surface area contributed by atoms with Crippen LogP contribution in [0.3, 0.4) is 0 Å². The summed E-state index contributed by atoms with van der Waals surface area (Å²) in [4.78, 5) is 20.5. The maximum absolute atomic E-state index is 11.5. The number of benzene rings is 1. The quantitative estimate of drug-likeness (QED) is 0.592. The molecular weight excluding hydrogens is 234 g/mol. The zero-order valence-corrected chi connectivity index (χ0v) is 11.1. The van der Waals surface area contributed by atoms with E-state index in [4.69, 9.17) is 20.4 Å². The van der Waals surface area contributed by atoms with Gasteiger partial charge in [0.05, 0.1) is 5.56 Å². The third kappa shape index (κ3) is 8.15. The first-order valence-electron chi connectivity index (χ1n) is 5.40. The van der Waals surface area contributed by atoms with E-state index in [0.29, 0.717) is 11.3 Å². The van der Waals surface area contributed by atoms with E-state index < -0.39 is 11.6 Å². The summed E-state index contributed by atoms with van der Waals surface area (Å²) < 4.78 is 5.18. The van der Waals surface area contributed by atoms with Crippen molar-refractivity contribution >= 4 is 17.6 Å². The van der Waals surface area contributed by atoms with Crippen molar-refractivity contribution in [2.24, 2.45) is 0 Å². The minimum absolute atomic E-state index is 0.322. The number of rotatable bonds is 1. The van der Waals surface area contributed by atoms with Gasteiger partial charge in [0.25, 0.3) is 5.97 Å². The number of esters is 1. The van der Waals surface area contributed by atoms with Gasteiger partial charge in [-0.15, -0.1) is 0 Å². The summed E-state index contributed by atoms with van der Waals surface area (Å²) in [6.07, 6.45) is 0. The van der Waals surface area contributed by atoms with Crippen molar-refractivity contribution in [3.05, 3.63) is 29.8 Å². The van der Waals surface area contributed by atoms with Crippen molar-refractivity contribution in [3.63, 3.8) is 0 Å². The molecule has 5 heteroatoms. The summed E-state index contributed by atoms with van der Waals surface area (Å²) in [5, 5.41) is 7.42. The van der Waals surface area contributed by atoms with Crippen LogP contribution in [0.2, 0.25) is 0 Å². The summed E-state index contributed by atoms with van der Waals surface area (Å²) in [5.74, 6) is -1.16. The molecule has 100 valence electrons. The monoisotopic (exact) mass is 253 g/mol. The SMILES string of the molecule is CC(=O)O.CC(C)(C)OC(=O)c1ccc(N)cc1. The van der Waals surface area contributed by atoms with E-state index in [1.807, 2.05) is 20.8 Å². The Morgan fingerprint density at radius 1 is 1.17 bits per heavy atom. The Labute approximate surface area is 107 Å². The van der Waals surface area contributed by atoms with Gasteiger partial charge >= 0.3 is 5.97 Å². The van der Waals surface area contributed by atoms with Crippen molar-refractivity contribution in [1.82, 2.24) is 0 Å². The molecule has 0 aliphatic heterocycles. The number of hydrogen-bond acceptors (Lipinski definition) is 4. The van der Waals surface area contributed by atoms with Crippen molar-refractivity contribution in [2.45, 2.75) is 33.3 Å². The zero-order chi connectivity index (χ0) is 14.3. The average molecular weight is 253 g/mol. The summed E-state index contributed by atoms with van der Waals surface area (Å²) >= 11 is 0. The number of carbonyl (C=O) groups excluding carboxylic acids is 1. The Morgan fingerprint density at radius 3 is 1.89 bits per heavy atom. The summed E-state index contributed by atoms with van der Waals surface area (Å²) in [6.45, 7) is 6.59. The molecule has 0 atom stereocenters. The lowest BCUT2D eigenvalue weighted by Gasteiger charge is -2.19. The van der Waals surface area contributed by atoms with Crippen molar-refractivity contribution in [3.8, 4) is 0 Å². The van der Waals surface area contributed by atoms with E-state index >= 15 is 0 Å². The molecule has 1 rings (SSSR count). The number of ether oxygens (including phenoxy) is 1. The molecule has 0 bridgehead atoms. The normalized spacial score (nSPS) is 10.0. The Bertz CT molecular complexity index is 400. The van der Waals surface area contributed by atoms with Gasteiger partial charge in [-0.3, -0.25) is 4.79 Å². The van der Waals surface area contributed by atoms with Gasteiger partial charge in [0.15, 0.2) is 0 Å². The predicted octanol–water partition coefficient (Wildman–Crippen LogP) is 2.32. The molecule has 0 aliphatic carbocycles. The third-order valence-corrected chi connectivity index (χ3v) is 1.55. The van der Waals surface area contributed by atoms with Crippen molar-refractivity contribution in [2.75, 3.05) is 5.73 Å². The van der Waals surface area contributed by atoms with Crippen LogP contribution < -0.4 is 5.73 Å². The molecule has 0 amide bonds. The number of nitrogens with two attached hydrogens (primary N) is 1. The maximum Gasteiger partial charge on any atom is 0.338 e. The fourth-order valence-corrected chi connectivity index (χ4v) is 0.956. The van der Waals surface area contributed by atoms with Gasteiger partial charge in [-0.25, -0.2) is 4.79 Å². The highest BCUT2D eigenvalue weighted by Crippen LogP contribution is 2.13. The molecule has 1 aromatic carbocycles. The van der Waals surface area contributed by atoms with Crippen LogP contribution in [0.5, 0.6) is 0 Å². The molecule has 0 aromatic heterocycles. The zero-order valence-electron chi connectivity index (χ0n) is 11.1. The smallest absolute Gasteiger partial charge is 0.338 e. The van der Waals surface area contributed by atoms with Gasteiger partial charge in [0.1, 0.15) is 5.60 Å². The molecule has 1 aromatic rings. The van der Waals surface area contributed by atoms with Gasteiger partial charge in [0.2, 0.25) is 0 Å². The van der Waals surface area contributed by atoms with E-state index in [-0.39, 0.29) is 5.97 Å². The van der Waals surface area contributed by atoms with E-state index in [1.165, 1.54) is 0 Å². The molecule has 3 N–H and O–H groups in total. The number of anilines is 1. The van der Waals surface area contributed by atoms with Crippen LogP contribution in [-0.2, 0) is 9.53 Å². The highest BCUT2D eigenvalue weighted by molar-refractivity contribution is 5.90. The van der Waals surface area contributed by atoms with E-state index in [2.05, 4.69) is 0 Å². The number of hydrogen-bond donors (Lipinski definition) is 2. The first-order chi connectivity index (χ1) is 8.11. The van der Waals surface area contributed by atoms with Crippen LogP contribution in [0, 0.1) is 0 Å². The molecule has 0 fully saturated rings. The standard InChI is InChI=1S/C11H15NO2.C2H4O2/c1-11(2,3)14-10(13)8-4-6-9(12)7-5-8;1-2(3)4/h4-7H,12H2,1-3H3;1H3,(H,3,4). The second kappa shape index (κ2) is 6.64. The molecule has 0 saturated carbocycles. The summed E-state index contributed by atoms with van der Waals surface area (Å²) in [6, 6.07) is 6.67. The van der Waals surface area contributed by atoms with E-state index in [1.54, 1.807) is 24.3 Å². The number of carbonyl (C=O) groups is 2. The Balaban J connectivity index is 0.000000631. The van der Waals surface area contributed by atoms with Crippen LogP contribution in [0.1, 0.15) is 38.1 Å². The first-order valence-corrected chi connectivity index (χ1v) is 5.40. The van der Waals surface area contributed by atoms with E-state index in [9.17, 15) is 4.79 Å². The largest absolute Gasteiger partial charge is 0.481 e. The lowest BCUT2D eigenvalue weighted by molar-refractivity contribution is -0.134. The van der Waals surface area contributed by atoms with Crippen molar-refractivity contribution in [1.29, 1.82) is 0 Å². The van der Waals surface area contributed by atoms with Crippen molar-refractivity contribution < 1.29 is 19.4 Å². The van der Waals surface area contributed by atoms with Crippen LogP contribution in [0.4, 0.5) is 5.69 Å². The molecule has 0 heterocycles. The Hall–Kier alpha value is -2.04. The number of aliphatic carboxylic acids is 1. The molecule has 0 saturated heterocycles. The maximum atomic E-state index is 11.5. The van der Waals surface area contributed by atoms with Crippen LogP contribution in [0.25, 0.3) is 0 Å². The lowest BCUT2D eigenvalue weighted by Crippen LogP contribution is -2.23. The van der Waals surface area contributed by atoms with Crippen LogP contribution in [0.15, 0.2) is 24.3 Å². The average Bonchev–Trinajstić information content (AvgIpc) is 2.14. The molecule has 0 aliphatic rings. The molecular formula is C13H19NO4. The molecule has 0 spiro atoms. The second-order valence-corrected chi connectivity index (χ2v) is 4.64. The first kappa shape index (κ1) is 16.0. The summed E-state index contributed by atoms with van der Waals surface area (Å²) in [7, 11) is 0. The molecule has 18 heavy (non-hydrogen) atoms. The number of carboxylic acid groups (broad SMARTS) is 1. The number of nitrogen functional groups attached to an aromatic ring is 1. The minimum atomic E-state index is -0.833. The van der Waals surface area contributed by atoms with Gasteiger partial charge in [-0.2, -0.15) is 0 Å². The highest BCUT2D eigenvalue weighted by atomic mass is 16.6. The van der Waals surface area contributed by atoms with Gasteiger partial charge in [-0.05, 0) is 45.0 Å². The summed E-state index contributed by atoms with van der Waals surface area (Å²) in [5.41, 5.74) is 6.20. The molecule has 5 nitrogen and oxygen atoms in total. The van der Waals surface area contributed by atoms with Gasteiger partial charge < -0.3 is 15.6 Å². The molecule has 0 radical (unpaired) electrons. The van der Waals surface area contributed by atoms with Gasteiger partial charge in [0, 0.05) is 12.6 Å². The Kier molecular flexibility index (Phi) is 5.88. The minimum Gasteiger partial charge on any atom is -0.481 e. The number of carboxylic acids is 1. The van der Waals surface area contributed by atoms with E-state index in [0.717, 1.165) is 6.92 Å².